The maximum atomic E-state index is 12.6. The Hall–Kier alpha value is -3.46. The van der Waals surface area contributed by atoms with E-state index in [4.69, 9.17) is 14.2 Å². The molecule has 0 saturated heterocycles. The first-order valence-electron chi connectivity index (χ1n) is 8.93. The van der Waals surface area contributed by atoms with Gasteiger partial charge in [0.1, 0.15) is 17.4 Å². The van der Waals surface area contributed by atoms with Gasteiger partial charge < -0.3 is 19.5 Å². The van der Waals surface area contributed by atoms with E-state index in [1.807, 2.05) is 19.9 Å². The smallest absolute Gasteiger partial charge is 0.266 e. The van der Waals surface area contributed by atoms with Crippen LogP contribution in [0.3, 0.4) is 0 Å². The Balaban J connectivity index is 2.35. The standard InChI is InChI=1S/C22H24N2O4/c1-5-15(2)28-21-16(8-6-11-20(21)27-4)12-17(14-23)22(25)24-18-9-7-10-19(13-18)26-3/h6-13,15H,5H2,1-4H3,(H,24,25)/b17-12-/t15-/m1/s1. The van der Waals surface area contributed by atoms with Gasteiger partial charge in [-0.3, -0.25) is 4.79 Å². The first-order valence-corrected chi connectivity index (χ1v) is 8.93. The van der Waals surface area contributed by atoms with Gasteiger partial charge in [-0.25, -0.2) is 0 Å². The first-order chi connectivity index (χ1) is 13.5. The molecule has 0 aromatic heterocycles. The van der Waals surface area contributed by atoms with Crippen LogP contribution in [-0.4, -0.2) is 26.2 Å². The van der Waals surface area contributed by atoms with Crippen molar-refractivity contribution in [1.29, 1.82) is 5.26 Å². The SMILES string of the molecule is CC[C@@H](C)Oc1c(/C=C(/C#N)C(=O)Nc2cccc(OC)c2)cccc1OC. The second kappa shape index (κ2) is 10.0. The molecule has 146 valence electrons. The number of benzene rings is 2. The van der Waals surface area contributed by atoms with E-state index in [0.29, 0.717) is 28.5 Å². The van der Waals surface area contributed by atoms with Crippen molar-refractivity contribution in [2.45, 2.75) is 26.4 Å². The maximum Gasteiger partial charge on any atom is 0.266 e. The van der Waals surface area contributed by atoms with Crippen LogP contribution in [0.4, 0.5) is 5.69 Å². The molecule has 1 N–H and O–H groups in total. The maximum absolute atomic E-state index is 12.6. The Labute approximate surface area is 165 Å². The summed E-state index contributed by atoms with van der Waals surface area (Å²) in [5, 5.41) is 12.2. The van der Waals surface area contributed by atoms with Crippen molar-refractivity contribution in [3.63, 3.8) is 0 Å². The molecule has 0 aliphatic carbocycles. The molecule has 0 bridgehead atoms. The number of carbonyl (C=O) groups is 1. The Morgan fingerprint density at radius 2 is 1.96 bits per heavy atom. The molecular formula is C22H24N2O4. The average molecular weight is 380 g/mol. The van der Waals surface area contributed by atoms with Crippen molar-refractivity contribution in [3.05, 3.63) is 53.6 Å². The summed E-state index contributed by atoms with van der Waals surface area (Å²) < 4.78 is 16.5. The fraction of sp³-hybridized carbons (Fsp3) is 0.273. The number of hydrogen-bond donors (Lipinski definition) is 1. The number of nitriles is 1. The molecule has 6 nitrogen and oxygen atoms in total. The lowest BCUT2D eigenvalue weighted by atomic mass is 10.1. The molecule has 1 amide bonds. The van der Waals surface area contributed by atoms with E-state index in [1.165, 1.54) is 6.08 Å². The zero-order valence-corrected chi connectivity index (χ0v) is 16.5. The minimum atomic E-state index is -0.520. The second-order valence-corrected chi connectivity index (χ2v) is 6.07. The highest BCUT2D eigenvalue weighted by Crippen LogP contribution is 2.34. The Bertz CT molecular complexity index is 900. The van der Waals surface area contributed by atoms with Crippen molar-refractivity contribution in [3.8, 4) is 23.3 Å². The number of ether oxygens (including phenoxy) is 3. The topological polar surface area (TPSA) is 80.6 Å². The molecule has 0 saturated carbocycles. The number of rotatable bonds is 8. The van der Waals surface area contributed by atoms with Gasteiger partial charge in [0.2, 0.25) is 0 Å². The number of carbonyl (C=O) groups excluding carboxylic acids is 1. The first kappa shape index (κ1) is 20.8. The highest BCUT2D eigenvalue weighted by molar-refractivity contribution is 6.10. The highest BCUT2D eigenvalue weighted by Gasteiger charge is 2.16. The Morgan fingerprint density at radius 1 is 1.21 bits per heavy atom. The van der Waals surface area contributed by atoms with Gasteiger partial charge in [0.25, 0.3) is 5.91 Å². The predicted molar refractivity (Wildman–Crippen MR) is 109 cm³/mol. The third-order valence-electron chi connectivity index (χ3n) is 4.12. The molecule has 2 aromatic rings. The molecule has 28 heavy (non-hydrogen) atoms. The number of nitrogens with one attached hydrogen (secondary N) is 1. The van der Waals surface area contributed by atoms with Gasteiger partial charge in [-0.1, -0.05) is 25.1 Å². The van der Waals surface area contributed by atoms with E-state index in [9.17, 15) is 10.1 Å². The van der Waals surface area contributed by atoms with Crippen LogP contribution < -0.4 is 19.5 Å². The van der Waals surface area contributed by atoms with Gasteiger partial charge in [-0.2, -0.15) is 5.26 Å². The minimum absolute atomic E-state index is 0.0420. The van der Waals surface area contributed by atoms with E-state index < -0.39 is 5.91 Å². The molecule has 0 heterocycles. The van der Waals surface area contributed by atoms with E-state index in [1.54, 1.807) is 56.7 Å². The Kier molecular flexibility index (Phi) is 7.46. The predicted octanol–water partition coefficient (Wildman–Crippen LogP) is 4.43. The van der Waals surface area contributed by atoms with Crippen molar-refractivity contribution < 1.29 is 19.0 Å². The quantitative estimate of drug-likeness (QED) is 0.541. The lowest BCUT2D eigenvalue weighted by molar-refractivity contribution is -0.112. The lowest BCUT2D eigenvalue weighted by Gasteiger charge is -2.17. The van der Waals surface area contributed by atoms with Gasteiger partial charge in [0, 0.05) is 17.3 Å². The average Bonchev–Trinajstić information content (AvgIpc) is 2.72. The zero-order valence-electron chi connectivity index (χ0n) is 16.5. The van der Waals surface area contributed by atoms with Crippen LogP contribution in [0.15, 0.2) is 48.0 Å². The summed E-state index contributed by atoms with van der Waals surface area (Å²) in [7, 11) is 3.09. The number of para-hydroxylation sites is 1. The van der Waals surface area contributed by atoms with Crippen LogP contribution in [0.2, 0.25) is 0 Å². The van der Waals surface area contributed by atoms with E-state index in [-0.39, 0.29) is 11.7 Å². The molecule has 0 unspecified atom stereocenters. The molecular weight excluding hydrogens is 356 g/mol. The summed E-state index contributed by atoms with van der Waals surface area (Å²) in [6.07, 6.45) is 2.26. The van der Waals surface area contributed by atoms with Crippen molar-refractivity contribution >= 4 is 17.7 Å². The third kappa shape index (κ3) is 5.27. The summed E-state index contributed by atoms with van der Waals surface area (Å²) in [6, 6.07) is 14.2. The van der Waals surface area contributed by atoms with Crippen LogP contribution in [0, 0.1) is 11.3 Å². The molecule has 1 atom stereocenters. The van der Waals surface area contributed by atoms with Gasteiger partial charge in [-0.15, -0.1) is 0 Å². The number of hydrogen-bond acceptors (Lipinski definition) is 5. The third-order valence-corrected chi connectivity index (χ3v) is 4.12. The fourth-order valence-corrected chi connectivity index (χ4v) is 2.42. The van der Waals surface area contributed by atoms with Crippen molar-refractivity contribution in [2.75, 3.05) is 19.5 Å². The summed E-state index contributed by atoms with van der Waals surface area (Å²) >= 11 is 0. The largest absolute Gasteiger partial charge is 0.497 e. The normalized spacial score (nSPS) is 11.9. The van der Waals surface area contributed by atoms with E-state index >= 15 is 0 Å². The zero-order chi connectivity index (χ0) is 20.5. The number of methoxy groups -OCH3 is 2. The molecule has 0 fully saturated rings. The number of anilines is 1. The van der Waals surface area contributed by atoms with Gasteiger partial charge in [0.15, 0.2) is 11.5 Å². The fourth-order valence-electron chi connectivity index (χ4n) is 2.42. The summed E-state index contributed by atoms with van der Waals surface area (Å²) in [5.74, 6) is 1.13. The van der Waals surface area contributed by atoms with Gasteiger partial charge in [0.05, 0.1) is 20.3 Å². The van der Waals surface area contributed by atoms with Crippen LogP contribution in [-0.2, 0) is 4.79 Å². The van der Waals surface area contributed by atoms with Crippen LogP contribution >= 0.6 is 0 Å². The highest BCUT2D eigenvalue weighted by atomic mass is 16.5. The second-order valence-electron chi connectivity index (χ2n) is 6.07. The monoisotopic (exact) mass is 380 g/mol. The van der Waals surface area contributed by atoms with Crippen molar-refractivity contribution in [2.24, 2.45) is 0 Å². The Morgan fingerprint density at radius 3 is 2.61 bits per heavy atom. The van der Waals surface area contributed by atoms with E-state index in [0.717, 1.165) is 6.42 Å². The molecule has 2 rings (SSSR count). The van der Waals surface area contributed by atoms with Crippen LogP contribution in [0.25, 0.3) is 6.08 Å². The van der Waals surface area contributed by atoms with Crippen molar-refractivity contribution in [1.82, 2.24) is 0 Å². The summed E-state index contributed by atoms with van der Waals surface area (Å²) in [4.78, 5) is 12.6. The van der Waals surface area contributed by atoms with Crippen LogP contribution in [0.1, 0.15) is 25.8 Å². The number of amides is 1. The van der Waals surface area contributed by atoms with E-state index in [2.05, 4.69) is 5.32 Å². The molecule has 0 radical (unpaired) electrons. The van der Waals surface area contributed by atoms with Gasteiger partial charge in [-0.05, 0) is 37.6 Å². The molecule has 6 heteroatoms. The van der Waals surface area contributed by atoms with Gasteiger partial charge >= 0.3 is 0 Å². The van der Waals surface area contributed by atoms with Crippen LogP contribution in [0.5, 0.6) is 17.2 Å². The number of nitrogens with zero attached hydrogens (tertiary/aromatic N) is 1. The molecule has 0 spiro atoms. The molecule has 0 aliphatic heterocycles. The molecule has 2 aromatic carbocycles. The summed E-state index contributed by atoms with van der Waals surface area (Å²) in [6.45, 7) is 3.96. The minimum Gasteiger partial charge on any atom is -0.497 e. The summed E-state index contributed by atoms with van der Waals surface area (Å²) in [5.41, 5.74) is 1.08. The lowest BCUT2D eigenvalue weighted by Crippen LogP contribution is -2.14. The molecule has 0 aliphatic rings.